The number of halogens is 1. The molecule has 1 fully saturated rings. The van der Waals surface area contributed by atoms with Crippen LogP contribution in [0.25, 0.3) is 6.08 Å². The Morgan fingerprint density at radius 1 is 1.15 bits per heavy atom. The molecule has 3 N–H and O–H groups in total. The zero-order valence-electron chi connectivity index (χ0n) is 13.5. The summed E-state index contributed by atoms with van der Waals surface area (Å²) in [6.07, 6.45) is 1.12. The highest BCUT2D eigenvalue weighted by Gasteiger charge is 2.34. The van der Waals surface area contributed by atoms with Crippen LogP contribution in [0.3, 0.4) is 0 Å². The Kier molecular flexibility index (Phi) is 4.93. The second kappa shape index (κ2) is 7.18. The fourth-order valence-corrected chi connectivity index (χ4v) is 2.85. The van der Waals surface area contributed by atoms with Crippen LogP contribution >= 0.6 is 23.8 Å². The predicted octanol–water partition coefficient (Wildman–Crippen LogP) is 2.58. The number of phenols is 1. The zero-order chi connectivity index (χ0) is 19.7. The molecule has 9 heteroatoms. The van der Waals surface area contributed by atoms with Gasteiger partial charge in [-0.05, 0) is 60.8 Å². The summed E-state index contributed by atoms with van der Waals surface area (Å²) < 4.78 is 0. The molecule has 0 radical (unpaired) electrons. The Bertz CT molecular complexity index is 1020. The van der Waals surface area contributed by atoms with Crippen molar-refractivity contribution >= 4 is 58.5 Å². The van der Waals surface area contributed by atoms with E-state index in [1.54, 1.807) is 24.3 Å². The van der Waals surface area contributed by atoms with Crippen LogP contribution in [0.15, 0.2) is 48.0 Å². The summed E-state index contributed by atoms with van der Waals surface area (Å²) in [7, 11) is 0. The Morgan fingerprint density at radius 3 is 2.44 bits per heavy atom. The largest absolute Gasteiger partial charge is 0.507 e. The van der Waals surface area contributed by atoms with Crippen molar-refractivity contribution in [2.75, 3.05) is 4.90 Å². The van der Waals surface area contributed by atoms with E-state index in [4.69, 9.17) is 28.9 Å². The summed E-state index contributed by atoms with van der Waals surface area (Å²) in [6, 6.07) is 9.78. The van der Waals surface area contributed by atoms with Gasteiger partial charge in [-0.15, -0.1) is 0 Å². The van der Waals surface area contributed by atoms with Gasteiger partial charge >= 0.3 is 5.97 Å². The number of benzene rings is 2. The van der Waals surface area contributed by atoms with Crippen LogP contribution in [-0.4, -0.2) is 33.1 Å². The number of carbonyl (C=O) groups is 3. The van der Waals surface area contributed by atoms with E-state index in [1.165, 1.54) is 12.1 Å². The molecule has 1 heterocycles. The number of rotatable bonds is 3. The highest BCUT2D eigenvalue weighted by molar-refractivity contribution is 7.80. The Balaban J connectivity index is 2.06. The first-order chi connectivity index (χ1) is 12.8. The third-order valence-electron chi connectivity index (χ3n) is 3.76. The Hall–Kier alpha value is -3.23. The second-order valence-electron chi connectivity index (χ2n) is 5.51. The average molecular weight is 403 g/mol. The van der Waals surface area contributed by atoms with Crippen LogP contribution < -0.4 is 10.2 Å². The van der Waals surface area contributed by atoms with Gasteiger partial charge in [-0.1, -0.05) is 11.6 Å². The number of nitrogens with one attached hydrogen (secondary N) is 1. The van der Waals surface area contributed by atoms with E-state index in [-0.39, 0.29) is 27.6 Å². The van der Waals surface area contributed by atoms with Crippen molar-refractivity contribution < 1.29 is 24.6 Å². The molecule has 0 bridgehead atoms. The Morgan fingerprint density at radius 2 is 1.81 bits per heavy atom. The van der Waals surface area contributed by atoms with E-state index in [0.29, 0.717) is 10.7 Å². The van der Waals surface area contributed by atoms with E-state index in [2.05, 4.69) is 5.32 Å². The maximum Gasteiger partial charge on any atom is 0.335 e. The molecule has 3 rings (SSSR count). The Labute approximate surface area is 163 Å². The average Bonchev–Trinajstić information content (AvgIpc) is 2.61. The number of hydrogen-bond acceptors (Lipinski definition) is 5. The summed E-state index contributed by atoms with van der Waals surface area (Å²) in [5.74, 6) is -2.96. The fraction of sp³-hybridized carbons (Fsp3) is 0. The van der Waals surface area contributed by atoms with Crippen LogP contribution in [0.2, 0.25) is 5.02 Å². The first-order valence-electron chi connectivity index (χ1n) is 7.51. The number of hydrogen-bond donors (Lipinski definition) is 3. The van der Waals surface area contributed by atoms with Gasteiger partial charge in [-0.2, -0.15) is 0 Å². The minimum Gasteiger partial charge on any atom is -0.507 e. The van der Waals surface area contributed by atoms with Crippen molar-refractivity contribution in [3.05, 3.63) is 64.2 Å². The summed E-state index contributed by atoms with van der Waals surface area (Å²) >= 11 is 10.9. The molecule has 0 aliphatic carbocycles. The van der Waals surface area contributed by atoms with Gasteiger partial charge < -0.3 is 10.2 Å². The van der Waals surface area contributed by atoms with Crippen molar-refractivity contribution in [1.82, 2.24) is 5.32 Å². The van der Waals surface area contributed by atoms with Crippen molar-refractivity contribution in [3.63, 3.8) is 0 Å². The third-order valence-corrected chi connectivity index (χ3v) is 4.30. The number of amides is 2. The summed E-state index contributed by atoms with van der Waals surface area (Å²) in [5, 5.41) is 21.8. The minimum atomic E-state index is -1.21. The number of aromatic hydroxyl groups is 1. The van der Waals surface area contributed by atoms with Crippen LogP contribution in [0.4, 0.5) is 5.69 Å². The maximum absolute atomic E-state index is 12.8. The van der Waals surface area contributed by atoms with Crippen LogP contribution in [0.5, 0.6) is 5.75 Å². The molecule has 7 nitrogen and oxygen atoms in total. The smallest absolute Gasteiger partial charge is 0.335 e. The van der Waals surface area contributed by atoms with Gasteiger partial charge in [-0.25, -0.2) is 4.79 Å². The van der Waals surface area contributed by atoms with Gasteiger partial charge in [0.1, 0.15) is 11.3 Å². The molecular weight excluding hydrogens is 392 g/mol. The number of nitrogens with zero attached hydrogens (tertiary/aromatic N) is 1. The van der Waals surface area contributed by atoms with Gasteiger partial charge in [0.2, 0.25) is 0 Å². The lowest BCUT2D eigenvalue weighted by molar-refractivity contribution is -0.122. The topological polar surface area (TPSA) is 107 Å². The highest BCUT2D eigenvalue weighted by Crippen LogP contribution is 2.26. The van der Waals surface area contributed by atoms with E-state index in [9.17, 15) is 19.5 Å². The van der Waals surface area contributed by atoms with Gasteiger partial charge in [0, 0.05) is 10.6 Å². The second-order valence-corrected chi connectivity index (χ2v) is 6.34. The lowest BCUT2D eigenvalue weighted by Crippen LogP contribution is -2.54. The van der Waals surface area contributed by atoms with Gasteiger partial charge in [0.25, 0.3) is 11.8 Å². The molecule has 0 saturated carbocycles. The molecule has 136 valence electrons. The monoisotopic (exact) mass is 402 g/mol. The summed E-state index contributed by atoms with van der Waals surface area (Å²) in [5.41, 5.74) is -0.00846. The summed E-state index contributed by atoms with van der Waals surface area (Å²) in [4.78, 5) is 37.3. The molecule has 2 aromatic rings. The van der Waals surface area contributed by atoms with Crippen molar-refractivity contribution in [2.45, 2.75) is 0 Å². The number of phenolic OH excluding ortho intramolecular Hbond substituents is 1. The normalized spacial score (nSPS) is 15.8. The number of aromatic carboxylic acids is 1. The molecule has 0 aromatic heterocycles. The molecule has 0 unspecified atom stereocenters. The van der Waals surface area contributed by atoms with Crippen molar-refractivity contribution in [2.24, 2.45) is 0 Å². The van der Waals surface area contributed by atoms with E-state index >= 15 is 0 Å². The number of carboxylic acid groups (broad SMARTS) is 1. The molecule has 0 atom stereocenters. The van der Waals surface area contributed by atoms with E-state index < -0.39 is 17.8 Å². The maximum atomic E-state index is 12.8. The summed E-state index contributed by atoms with van der Waals surface area (Å²) in [6.45, 7) is 0. The molecule has 1 aliphatic heterocycles. The number of carboxylic acids is 1. The first-order valence-corrected chi connectivity index (χ1v) is 8.30. The first kappa shape index (κ1) is 18.6. The number of carbonyl (C=O) groups excluding carboxylic acids is 2. The minimum absolute atomic E-state index is 0.0114. The van der Waals surface area contributed by atoms with Crippen LogP contribution in [0.1, 0.15) is 15.9 Å². The standard InChI is InChI=1S/C18H11ClN2O5S/c19-11-2-4-12(5-3-11)21-16(24)13(15(23)20-18(21)27)8-10-7-9(17(25)26)1-6-14(10)22/h1-8,22H,(H,25,26)(H,20,23,27). The van der Waals surface area contributed by atoms with Gasteiger partial charge in [0.15, 0.2) is 5.11 Å². The van der Waals surface area contributed by atoms with Crippen LogP contribution in [0, 0.1) is 0 Å². The molecule has 1 saturated heterocycles. The molecular formula is C18H11ClN2O5S. The fourth-order valence-electron chi connectivity index (χ4n) is 2.44. The lowest BCUT2D eigenvalue weighted by Gasteiger charge is -2.29. The predicted molar refractivity (Wildman–Crippen MR) is 103 cm³/mol. The van der Waals surface area contributed by atoms with Gasteiger partial charge in [0.05, 0.1) is 11.3 Å². The van der Waals surface area contributed by atoms with Crippen molar-refractivity contribution in [1.29, 1.82) is 0 Å². The third kappa shape index (κ3) is 3.67. The van der Waals surface area contributed by atoms with E-state index in [1.807, 2.05) is 0 Å². The van der Waals surface area contributed by atoms with Crippen LogP contribution in [-0.2, 0) is 9.59 Å². The molecule has 27 heavy (non-hydrogen) atoms. The quantitative estimate of drug-likeness (QED) is 0.414. The number of thiocarbonyl (C=S) groups is 1. The highest BCUT2D eigenvalue weighted by atomic mass is 35.5. The number of anilines is 1. The molecule has 1 aliphatic rings. The SMILES string of the molecule is O=C1NC(=S)N(c2ccc(Cl)cc2)C(=O)C1=Cc1cc(C(=O)O)ccc1O. The molecule has 2 aromatic carbocycles. The van der Waals surface area contributed by atoms with Gasteiger partial charge in [-0.3, -0.25) is 19.8 Å². The van der Waals surface area contributed by atoms with Crippen molar-refractivity contribution in [3.8, 4) is 5.75 Å². The zero-order valence-corrected chi connectivity index (χ0v) is 15.0. The molecule has 0 spiro atoms. The molecule has 2 amide bonds. The van der Waals surface area contributed by atoms with E-state index in [0.717, 1.165) is 17.0 Å². The lowest BCUT2D eigenvalue weighted by atomic mass is 10.0.